The molecule has 0 fully saturated rings. The van der Waals surface area contributed by atoms with E-state index >= 15 is 0 Å². The first-order valence-electron chi connectivity index (χ1n) is 4.06. The van der Waals surface area contributed by atoms with Gasteiger partial charge in [0.2, 0.25) is 0 Å². The van der Waals surface area contributed by atoms with E-state index in [4.69, 9.17) is 5.11 Å². The van der Waals surface area contributed by atoms with Crippen LogP contribution in [0, 0.1) is 0 Å². The van der Waals surface area contributed by atoms with Crippen LogP contribution < -0.4 is 0 Å². The van der Waals surface area contributed by atoms with Crippen LogP contribution >= 0.6 is 0 Å². The fourth-order valence-electron chi connectivity index (χ4n) is 1.12. The zero-order valence-corrected chi connectivity index (χ0v) is 7.82. The number of carbonyl (C=O) groups is 1. The Kier molecular flexibility index (Phi) is 3.03. The molecule has 1 rings (SSSR count). The molecule has 1 aromatic carbocycles. The normalized spacial score (nSPS) is 10.4. The Labute approximate surface area is 77.6 Å². The Morgan fingerprint density at radius 3 is 2.23 bits per heavy atom. The molecule has 3 nitrogen and oxygen atoms in total. The van der Waals surface area contributed by atoms with Gasteiger partial charge in [-0.25, -0.2) is 4.79 Å². The third-order valence-electron chi connectivity index (χ3n) is 1.70. The van der Waals surface area contributed by atoms with E-state index in [1.807, 2.05) is 31.1 Å². The molecule has 0 radical (unpaired) electrons. The Morgan fingerprint density at radius 1 is 1.31 bits per heavy atom. The van der Waals surface area contributed by atoms with Gasteiger partial charge in [0.15, 0.2) is 0 Å². The molecule has 13 heavy (non-hydrogen) atoms. The van der Waals surface area contributed by atoms with E-state index in [-0.39, 0.29) is 0 Å². The molecule has 0 bridgehead atoms. The maximum absolute atomic E-state index is 10.5. The summed E-state index contributed by atoms with van der Waals surface area (Å²) in [5.41, 5.74) is 1.46. The van der Waals surface area contributed by atoms with E-state index in [0.29, 0.717) is 5.56 Å². The minimum absolute atomic E-state index is 0.336. The van der Waals surface area contributed by atoms with Crippen LogP contribution in [0.1, 0.15) is 15.9 Å². The van der Waals surface area contributed by atoms with Crippen LogP contribution in [0.2, 0.25) is 0 Å². The topological polar surface area (TPSA) is 40.5 Å². The van der Waals surface area contributed by atoms with Gasteiger partial charge >= 0.3 is 5.97 Å². The highest BCUT2D eigenvalue weighted by Gasteiger charge is 2.01. The third kappa shape index (κ3) is 2.87. The maximum atomic E-state index is 10.5. The second-order valence-electron chi connectivity index (χ2n) is 3.24. The molecule has 0 saturated heterocycles. The Morgan fingerprint density at radius 2 is 1.85 bits per heavy atom. The van der Waals surface area contributed by atoms with E-state index in [0.717, 1.165) is 12.1 Å². The van der Waals surface area contributed by atoms with Crippen molar-refractivity contribution in [2.75, 3.05) is 14.1 Å². The van der Waals surface area contributed by atoms with Crippen LogP contribution in [0.3, 0.4) is 0 Å². The van der Waals surface area contributed by atoms with Gasteiger partial charge in [0, 0.05) is 6.54 Å². The number of carboxylic acid groups (broad SMARTS) is 1. The van der Waals surface area contributed by atoms with Gasteiger partial charge in [0.05, 0.1) is 5.56 Å². The summed E-state index contributed by atoms with van der Waals surface area (Å²) >= 11 is 0. The lowest BCUT2D eigenvalue weighted by Gasteiger charge is -2.09. The van der Waals surface area contributed by atoms with E-state index in [2.05, 4.69) is 0 Å². The smallest absolute Gasteiger partial charge is 0.335 e. The first-order valence-corrected chi connectivity index (χ1v) is 4.06. The quantitative estimate of drug-likeness (QED) is 0.763. The lowest BCUT2D eigenvalue weighted by molar-refractivity contribution is 0.0697. The molecule has 0 saturated carbocycles. The van der Waals surface area contributed by atoms with Crippen LogP contribution in [0.4, 0.5) is 0 Å². The molecular formula is C10H13NO2. The Balaban J connectivity index is 2.75. The SMILES string of the molecule is CN(C)Cc1ccc(C(=O)O)cc1. The number of aromatic carboxylic acids is 1. The molecule has 1 N–H and O–H groups in total. The second-order valence-corrected chi connectivity index (χ2v) is 3.24. The molecule has 0 unspecified atom stereocenters. The van der Waals surface area contributed by atoms with Crippen LogP contribution in [0.15, 0.2) is 24.3 Å². The molecular weight excluding hydrogens is 166 g/mol. The van der Waals surface area contributed by atoms with Gasteiger partial charge in [-0.3, -0.25) is 0 Å². The molecule has 3 heteroatoms. The molecule has 0 spiro atoms. The van der Waals surface area contributed by atoms with Crippen molar-refractivity contribution in [2.24, 2.45) is 0 Å². The van der Waals surface area contributed by atoms with Gasteiger partial charge < -0.3 is 10.0 Å². The minimum atomic E-state index is -0.878. The van der Waals surface area contributed by atoms with Crippen molar-refractivity contribution in [3.63, 3.8) is 0 Å². The summed E-state index contributed by atoms with van der Waals surface area (Å²) in [6.07, 6.45) is 0. The summed E-state index contributed by atoms with van der Waals surface area (Å²) in [4.78, 5) is 12.6. The van der Waals surface area contributed by atoms with Crippen molar-refractivity contribution in [3.05, 3.63) is 35.4 Å². The number of benzene rings is 1. The third-order valence-corrected chi connectivity index (χ3v) is 1.70. The summed E-state index contributed by atoms with van der Waals surface area (Å²) in [5, 5.41) is 8.65. The molecule has 0 aliphatic rings. The fraction of sp³-hybridized carbons (Fsp3) is 0.300. The zero-order chi connectivity index (χ0) is 9.84. The van der Waals surface area contributed by atoms with Gasteiger partial charge in [0.1, 0.15) is 0 Å². The van der Waals surface area contributed by atoms with Gasteiger partial charge in [-0.05, 0) is 31.8 Å². The van der Waals surface area contributed by atoms with E-state index in [9.17, 15) is 4.79 Å². The molecule has 1 aromatic rings. The Bertz CT molecular complexity index is 290. The summed E-state index contributed by atoms with van der Waals surface area (Å²) in [6.45, 7) is 0.833. The van der Waals surface area contributed by atoms with E-state index in [1.54, 1.807) is 12.1 Å². The first-order chi connectivity index (χ1) is 6.09. The number of carboxylic acids is 1. The molecule has 0 atom stereocenters. The van der Waals surface area contributed by atoms with Crippen LogP contribution in [0.5, 0.6) is 0 Å². The summed E-state index contributed by atoms with van der Waals surface area (Å²) in [6, 6.07) is 6.93. The molecule has 70 valence electrons. The highest BCUT2D eigenvalue weighted by Crippen LogP contribution is 2.05. The van der Waals surface area contributed by atoms with Crippen molar-refractivity contribution < 1.29 is 9.90 Å². The average Bonchev–Trinajstić information content (AvgIpc) is 2.04. The summed E-state index contributed by atoms with van der Waals surface area (Å²) < 4.78 is 0. The summed E-state index contributed by atoms with van der Waals surface area (Å²) in [5.74, 6) is -0.878. The average molecular weight is 179 g/mol. The standard InChI is InChI=1S/C10H13NO2/c1-11(2)7-8-3-5-9(6-4-8)10(12)13/h3-6H,7H2,1-2H3,(H,12,13). The van der Waals surface area contributed by atoms with Crippen molar-refractivity contribution in [1.29, 1.82) is 0 Å². The van der Waals surface area contributed by atoms with Crippen LogP contribution in [-0.2, 0) is 6.54 Å². The molecule has 0 amide bonds. The second kappa shape index (κ2) is 4.05. The fourth-order valence-corrected chi connectivity index (χ4v) is 1.12. The highest BCUT2D eigenvalue weighted by atomic mass is 16.4. The van der Waals surface area contributed by atoms with Gasteiger partial charge in [-0.15, -0.1) is 0 Å². The highest BCUT2D eigenvalue weighted by molar-refractivity contribution is 5.87. The van der Waals surface area contributed by atoms with Crippen molar-refractivity contribution in [3.8, 4) is 0 Å². The molecule has 0 aliphatic carbocycles. The van der Waals surface area contributed by atoms with Crippen LogP contribution in [-0.4, -0.2) is 30.1 Å². The van der Waals surface area contributed by atoms with Gasteiger partial charge in [-0.2, -0.15) is 0 Å². The summed E-state index contributed by atoms with van der Waals surface area (Å²) in [7, 11) is 3.95. The number of rotatable bonds is 3. The maximum Gasteiger partial charge on any atom is 0.335 e. The minimum Gasteiger partial charge on any atom is -0.478 e. The largest absolute Gasteiger partial charge is 0.478 e. The van der Waals surface area contributed by atoms with E-state index in [1.165, 1.54) is 0 Å². The van der Waals surface area contributed by atoms with Crippen LogP contribution in [0.25, 0.3) is 0 Å². The van der Waals surface area contributed by atoms with Crippen molar-refractivity contribution in [2.45, 2.75) is 6.54 Å². The molecule has 0 aromatic heterocycles. The molecule has 0 aliphatic heterocycles. The van der Waals surface area contributed by atoms with Gasteiger partial charge in [-0.1, -0.05) is 12.1 Å². The zero-order valence-electron chi connectivity index (χ0n) is 7.82. The predicted molar refractivity (Wildman–Crippen MR) is 50.8 cm³/mol. The lowest BCUT2D eigenvalue weighted by atomic mass is 10.1. The number of hydrogen-bond acceptors (Lipinski definition) is 2. The van der Waals surface area contributed by atoms with Crippen molar-refractivity contribution >= 4 is 5.97 Å². The van der Waals surface area contributed by atoms with Crippen molar-refractivity contribution in [1.82, 2.24) is 4.90 Å². The number of hydrogen-bond donors (Lipinski definition) is 1. The molecule has 0 heterocycles. The Hall–Kier alpha value is -1.35. The van der Waals surface area contributed by atoms with E-state index < -0.39 is 5.97 Å². The lowest BCUT2D eigenvalue weighted by Crippen LogP contribution is -2.10. The van der Waals surface area contributed by atoms with Gasteiger partial charge in [0.25, 0.3) is 0 Å². The monoisotopic (exact) mass is 179 g/mol. The predicted octanol–water partition coefficient (Wildman–Crippen LogP) is 1.45. The number of nitrogens with zero attached hydrogens (tertiary/aromatic N) is 1. The first kappa shape index (κ1) is 9.74.